The van der Waals surface area contributed by atoms with Gasteiger partial charge in [-0.3, -0.25) is 4.79 Å². The Labute approximate surface area is 249 Å². The van der Waals surface area contributed by atoms with Crippen LogP contribution >= 0.6 is 11.8 Å². The second kappa shape index (κ2) is 12.2. The molecule has 3 aliphatic rings. The lowest BCUT2D eigenvalue weighted by Crippen LogP contribution is -2.55. The first-order valence-corrected chi connectivity index (χ1v) is 15.5. The third-order valence-corrected chi connectivity index (χ3v) is 9.70. The average Bonchev–Trinajstić information content (AvgIpc) is 3.43. The van der Waals surface area contributed by atoms with Crippen molar-refractivity contribution in [3.8, 4) is 23.3 Å². The molecule has 42 heavy (non-hydrogen) atoms. The Balaban J connectivity index is 1.42. The molecule has 2 atom stereocenters. The summed E-state index contributed by atoms with van der Waals surface area (Å²) in [5.41, 5.74) is 2.61. The first-order chi connectivity index (χ1) is 20.5. The summed E-state index contributed by atoms with van der Waals surface area (Å²) in [5, 5.41) is 9.95. The van der Waals surface area contributed by atoms with Gasteiger partial charge in [-0.05, 0) is 62.7 Å². The van der Waals surface area contributed by atoms with E-state index in [0.717, 1.165) is 48.4 Å². The number of aryl methyl sites for hydroxylation is 1. The quantitative estimate of drug-likeness (QED) is 0.371. The molecule has 0 radical (unpaired) electrons. The predicted octanol–water partition coefficient (Wildman–Crippen LogP) is 4.46. The predicted molar refractivity (Wildman–Crippen MR) is 161 cm³/mol. The number of fused-ring (bicyclic) bond motifs is 2. The number of aromatic nitrogens is 3. The minimum atomic E-state index is -0.442. The van der Waals surface area contributed by atoms with Crippen LogP contribution in [0.3, 0.4) is 0 Å². The molecule has 0 unspecified atom stereocenters. The van der Waals surface area contributed by atoms with Gasteiger partial charge in [0.25, 0.3) is 0 Å². The molecule has 1 aromatic carbocycles. The van der Waals surface area contributed by atoms with Crippen LogP contribution in [0.25, 0.3) is 22.3 Å². The molecule has 0 saturated carbocycles. The van der Waals surface area contributed by atoms with Gasteiger partial charge in [-0.1, -0.05) is 24.8 Å². The molecule has 2 saturated heterocycles. The number of nitriles is 1. The van der Waals surface area contributed by atoms with Crippen LogP contribution < -0.4 is 9.64 Å². The number of benzene rings is 1. The van der Waals surface area contributed by atoms with E-state index in [2.05, 4.69) is 35.6 Å². The van der Waals surface area contributed by atoms with E-state index in [-0.39, 0.29) is 36.1 Å². The molecular formula is C31H34FN7O2S. The maximum Gasteiger partial charge on any atom is 0.320 e. The smallest absolute Gasteiger partial charge is 0.320 e. The van der Waals surface area contributed by atoms with Crippen LogP contribution in [0.2, 0.25) is 0 Å². The number of carbonyl (C=O) groups excluding carboxylic acids is 1. The molecule has 3 aliphatic heterocycles. The van der Waals surface area contributed by atoms with Crippen molar-refractivity contribution in [2.24, 2.45) is 0 Å². The number of hydrogen-bond donors (Lipinski definition) is 0. The normalized spacial score (nSPS) is 20.8. The van der Waals surface area contributed by atoms with Crippen molar-refractivity contribution in [3.05, 3.63) is 48.3 Å². The molecule has 3 aromatic rings. The molecule has 0 bridgehead atoms. The molecule has 1 amide bonds. The molecule has 2 fully saturated rings. The summed E-state index contributed by atoms with van der Waals surface area (Å²) in [6.45, 7) is 6.26. The van der Waals surface area contributed by atoms with Gasteiger partial charge in [0.1, 0.15) is 23.9 Å². The Bertz CT molecular complexity index is 1560. The largest absolute Gasteiger partial charge is 0.462 e. The third-order valence-electron chi connectivity index (χ3n) is 8.43. The number of amides is 1. The Morgan fingerprint density at radius 1 is 1.24 bits per heavy atom. The zero-order chi connectivity index (χ0) is 29.2. The maximum absolute atomic E-state index is 15.9. The Hall–Kier alpha value is -3.75. The van der Waals surface area contributed by atoms with Gasteiger partial charge < -0.3 is 19.4 Å². The molecule has 6 rings (SSSR count). The van der Waals surface area contributed by atoms with Crippen molar-refractivity contribution >= 4 is 34.5 Å². The lowest BCUT2D eigenvalue weighted by Gasteiger charge is -2.41. The maximum atomic E-state index is 15.9. The highest BCUT2D eigenvalue weighted by Crippen LogP contribution is 2.40. The number of ether oxygens (including phenoxy) is 1. The lowest BCUT2D eigenvalue weighted by atomic mass is 10.0. The lowest BCUT2D eigenvalue weighted by molar-refractivity contribution is -0.128. The van der Waals surface area contributed by atoms with Crippen molar-refractivity contribution in [2.45, 2.75) is 49.1 Å². The van der Waals surface area contributed by atoms with Crippen molar-refractivity contribution in [1.82, 2.24) is 24.8 Å². The minimum Gasteiger partial charge on any atom is -0.462 e. The fourth-order valence-electron chi connectivity index (χ4n) is 6.16. The molecule has 0 aliphatic carbocycles. The van der Waals surface area contributed by atoms with E-state index in [1.165, 1.54) is 17.7 Å². The van der Waals surface area contributed by atoms with Gasteiger partial charge in [-0.25, -0.2) is 9.37 Å². The fraction of sp³-hybridized carbons (Fsp3) is 0.452. The number of likely N-dealkylation sites (tertiary alicyclic amines) is 1. The van der Waals surface area contributed by atoms with Crippen LogP contribution in [-0.2, 0) is 11.2 Å². The van der Waals surface area contributed by atoms with Gasteiger partial charge in [0.2, 0.25) is 5.91 Å². The number of halogens is 1. The van der Waals surface area contributed by atoms with Crippen molar-refractivity contribution in [2.75, 3.05) is 50.5 Å². The summed E-state index contributed by atoms with van der Waals surface area (Å²) >= 11 is 1.74. The van der Waals surface area contributed by atoms with E-state index in [9.17, 15) is 10.1 Å². The van der Waals surface area contributed by atoms with Gasteiger partial charge in [0.05, 0.1) is 23.9 Å². The van der Waals surface area contributed by atoms with Crippen LogP contribution in [0.4, 0.5) is 10.2 Å². The summed E-state index contributed by atoms with van der Waals surface area (Å²) in [4.78, 5) is 33.7. The number of thioether (sulfide) groups is 1. The zero-order valence-electron chi connectivity index (χ0n) is 23.8. The van der Waals surface area contributed by atoms with Gasteiger partial charge in [0.15, 0.2) is 5.65 Å². The first-order valence-electron chi connectivity index (χ1n) is 14.5. The van der Waals surface area contributed by atoms with Crippen molar-refractivity contribution in [1.29, 1.82) is 5.26 Å². The summed E-state index contributed by atoms with van der Waals surface area (Å²) in [7, 11) is 2.09. The number of rotatable bonds is 7. The average molecular weight is 588 g/mol. The van der Waals surface area contributed by atoms with E-state index in [1.54, 1.807) is 16.7 Å². The number of anilines is 1. The second-order valence-corrected chi connectivity index (χ2v) is 12.2. The van der Waals surface area contributed by atoms with E-state index in [0.29, 0.717) is 43.1 Å². The topological polar surface area (TPSA) is 98.5 Å². The van der Waals surface area contributed by atoms with E-state index in [4.69, 9.17) is 14.7 Å². The summed E-state index contributed by atoms with van der Waals surface area (Å²) in [5.74, 6) is 0.824. The molecular weight excluding hydrogens is 553 g/mol. The number of nitrogens with zero attached hydrogens (tertiary/aromatic N) is 7. The van der Waals surface area contributed by atoms with E-state index in [1.807, 2.05) is 17.0 Å². The number of hydrogen-bond acceptors (Lipinski definition) is 9. The molecule has 11 heteroatoms. The van der Waals surface area contributed by atoms with Crippen LogP contribution in [-0.4, -0.2) is 88.3 Å². The van der Waals surface area contributed by atoms with Gasteiger partial charge in [0, 0.05) is 36.1 Å². The summed E-state index contributed by atoms with van der Waals surface area (Å²) in [6.07, 6.45) is 5.65. The highest BCUT2D eigenvalue weighted by Gasteiger charge is 2.32. The minimum absolute atomic E-state index is 0.157. The highest BCUT2D eigenvalue weighted by atomic mass is 32.2. The van der Waals surface area contributed by atoms with Gasteiger partial charge in [-0.2, -0.15) is 15.2 Å². The molecule has 0 N–H and O–H groups in total. The molecule has 0 spiro atoms. The third kappa shape index (κ3) is 5.53. The Morgan fingerprint density at radius 3 is 2.90 bits per heavy atom. The van der Waals surface area contributed by atoms with Crippen LogP contribution in [0.1, 0.15) is 31.2 Å². The van der Waals surface area contributed by atoms with Crippen molar-refractivity contribution < 1.29 is 13.9 Å². The van der Waals surface area contributed by atoms with E-state index < -0.39 is 5.82 Å². The van der Waals surface area contributed by atoms with E-state index >= 15 is 4.39 Å². The number of pyridine rings is 1. The van der Waals surface area contributed by atoms with Crippen LogP contribution in [0, 0.1) is 17.1 Å². The molecule has 218 valence electrons. The van der Waals surface area contributed by atoms with Crippen molar-refractivity contribution in [3.63, 3.8) is 0 Å². The molecule has 5 heterocycles. The fourth-order valence-corrected chi connectivity index (χ4v) is 7.33. The Kier molecular flexibility index (Phi) is 8.27. The van der Waals surface area contributed by atoms with Gasteiger partial charge >= 0.3 is 6.01 Å². The monoisotopic (exact) mass is 587 g/mol. The standard InChI is InChI=1S/C31H34FN7O2S/c1-3-26(40)39-15-14-38(18-21(39)11-12-33)30-24-17-25(32)27(23-10-4-7-20-8-6-16-42-28(20)23)34-29(24)35-31(36-30)41-19-22-9-5-13-37(22)2/h3-4,7,10,17,21-22H,1,5-6,8-9,11,13-16,18-19H2,2H3/t21-,22-/m0/s1. The summed E-state index contributed by atoms with van der Waals surface area (Å²) < 4.78 is 22.1. The molecule has 2 aromatic heterocycles. The SMILES string of the molecule is C=CC(=O)N1CCN(c2nc(OC[C@@H]3CCCN3C)nc3nc(-c4cccc5c4SCCC5)c(F)cc23)C[C@@H]1CC#N. The number of likely N-dealkylation sites (N-methyl/N-ethyl adjacent to an activating group) is 1. The van der Waals surface area contributed by atoms with Crippen LogP contribution in [0.5, 0.6) is 6.01 Å². The molecule has 9 nitrogen and oxygen atoms in total. The van der Waals surface area contributed by atoms with Gasteiger partial charge in [-0.15, -0.1) is 11.8 Å². The summed E-state index contributed by atoms with van der Waals surface area (Å²) in [6, 6.07) is 9.74. The zero-order valence-corrected chi connectivity index (χ0v) is 24.6. The second-order valence-electron chi connectivity index (χ2n) is 11.1. The van der Waals surface area contributed by atoms with Crippen LogP contribution in [0.15, 0.2) is 41.8 Å². The number of piperazine rings is 1. The Morgan fingerprint density at radius 2 is 2.12 bits per heavy atom. The highest BCUT2D eigenvalue weighted by molar-refractivity contribution is 7.99. The number of carbonyl (C=O) groups is 1. The first kappa shape index (κ1) is 28.4.